The summed E-state index contributed by atoms with van der Waals surface area (Å²) in [4.78, 5) is 4.72. The SMILES string of the molecule is Cc1ccc(N(C)CC2CCN(C)C2)cc1N. The lowest BCUT2D eigenvalue weighted by atomic mass is 10.1. The highest BCUT2D eigenvalue weighted by atomic mass is 15.1. The quantitative estimate of drug-likeness (QED) is 0.810. The van der Waals surface area contributed by atoms with Crippen LogP contribution >= 0.6 is 0 Å². The molecule has 1 heterocycles. The highest BCUT2D eigenvalue weighted by Crippen LogP contribution is 2.22. The third-order valence-electron chi connectivity index (χ3n) is 3.72. The molecule has 2 N–H and O–H groups in total. The monoisotopic (exact) mass is 233 g/mol. The maximum Gasteiger partial charge on any atom is 0.0384 e. The largest absolute Gasteiger partial charge is 0.398 e. The van der Waals surface area contributed by atoms with Gasteiger partial charge in [-0.2, -0.15) is 0 Å². The van der Waals surface area contributed by atoms with Crippen LogP contribution in [0.1, 0.15) is 12.0 Å². The van der Waals surface area contributed by atoms with Gasteiger partial charge >= 0.3 is 0 Å². The van der Waals surface area contributed by atoms with Gasteiger partial charge in [0.25, 0.3) is 0 Å². The molecule has 1 aromatic carbocycles. The van der Waals surface area contributed by atoms with Gasteiger partial charge in [-0.1, -0.05) is 6.07 Å². The fourth-order valence-electron chi connectivity index (χ4n) is 2.53. The minimum absolute atomic E-state index is 0.785. The van der Waals surface area contributed by atoms with Gasteiger partial charge in [0.2, 0.25) is 0 Å². The van der Waals surface area contributed by atoms with Crippen molar-refractivity contribution in [3.05, 3.63) is 23.8 Å². The van der Waals surface area contributed by atoms with Gasteiger partial charge in [-0.25, -0.2) is 0 Å². The Hall–Kier alpha value is -1.22. The molecule has 1 atom stereocenters. The molecule has 1 fully saturated rings. The first kappa shape index (κ1) is 12.2. The standard InChI is InChI=1S/C14H23N3/c1-11-4-5-13(8-14(11)15)17(3)10-12-6-7-16(2)9-12/h4-5,8,12H,6-7,9-10,15H2,1-3H3. The molecule has 0 spiro atoms. The van der Waals surface area contributed by atoms with Crippen molar-refractivity contribution in [3.8, 4) is 0 Å². The van der Waals surface area contributed by atoms with Crippen molar-refractivity contribution in [2.24, 2.45) is 5.92 Å². The topological polar surface area (TPSA) is 32.5 Å². The molecule has 3 nitrogen and oxygen atoms in total. The van der Waals surface area contributed by atoms with Crippen LogP contribution in [0, 0.1) is 12.8 Å². The van der Waals surface area contributed by atoms with Crippen LogP contribution in [0.4, 0.5) is 11.4 Å². The number of likely N-dealkylation sites (tertiary alicyclic amines) is 1. The third kappa shape index (κ3) is 2.91. The molecule has 0 bridgehead atoms. The lowest BCUT2D eigenvalue weighted by Gasteiger charge is -2.23. The van der Waals surface area contributed by atoms with Crippen molar-refractivity contribution in [2.45, 2.75) is 13.3 Å². The van der Waals surface area contributed by atoms with Crippen molar-refractivity contribution >= 4 is 11.4 Å². The predicted molar refractivity (Wildman–Crippen MR) is 74.5 cm³/mol. The van der Waals surface area contributed by atoms with Crippen LogP contribution in [0.5, 0.6) is 0 Å². The van der Waals surface area contributed by atoms with Crippen LogP contribution in [-0.4, -0.2) is 38.6 Å². The van der Waals surface area contributed by atoms with Crippen molar-refractivity contribution in [1.82, 2.24) is 4.90 Å². The predicted octanol–water partition coefficient (Wildman–Crippen LogP) is 1.97. The van der Waals surface area contributed by atoms with Gasteiger partial charge in [0.1, 0.15) is 0 Å². The van der Waals surface area contributed by atoms with Crippen LogP contribution in [0.2, 0.25) is 0 Å². The fourth-order valence-corrected chi connectivity index (χ4v) is 2.53. The van der Waals surface area contributed by atoms with Crippen molar-refractivity contribution in [2.75, 3.05) is 44.4 Å². The average Bonchev–Trinajstić information content (AvgIpc) is 2.68. The molecule has 1 aliphatic rings. The Kier molecular flexibility index (Phi) is 3.57. The van der Waals surface area contributed by atoms with Gasteiger partial charge in [0.15, 0.2) is 0 Å². The lowest BCUT2D eigenvalue weighted by Crippen LogP contribution is -2.27. The number of aryl methyl sites for hydroxylation is 1. The summed E-state index contributed by atoms with van der Waals surface area (Å²) in [6, 6.07) is 6.33. The summed E-state index contributed by atoms with van der Waals surface area (Å²) in [6.07, 6.45) is 1.31. The summed E-state index contributed by atoms with van der Waals surface area (Å²) in [5, 5.41) is 0. The molecule has 0 saturated carbocycles. The fraction of sp³-hybridized carbons (Fsp3) is 0.571. The summed E-state index contributed by atoms with van der Waals surface area (Å²) in [5.41, 5.74) is 9.22. The first-order chi connectivity index (χ1) is 8.06. The summed E-state index contributed by atoms with van der Waals surface area (Å²) in [7, 11) is 4.35. The minimum atomic E-state index is 0.785. The lowest BCUT2D eigenvalue weighted by molar-refractivity contribution is 0.396. The van der Waals surface area contributed by atoms with E-state index < -0.39 is 0 Å². The molecule has 2 rings (SSSR count). The number of nitrogens with two attached hydrogens (primary N) is 1. The van der Waals surface area contributed by atoms with E-state index in [-0.39, 0.29) is 0 Å². The van der Waals surface area contributed by atoms with E-state index in [2.05, 4.69) is 42.1 Å². The molecule has 1 unspecified atom stereocenters. The Balaban J connectivity index is 1.99. The molecular weight excluding hydrogens is 210 g/mol. The van der Waals surface area contributed by atoms with Crippen LogP contribution in [0.25, 0.3) is 0 Å². The van der Waals surface area contributed by atoms with Crippen molar-refractivity contribution < 1.29 is 0 Å². The molecular formula is C14H23N3. The molecule has 1 aliphatic heterocycles. The summed E-state index contributed by atoms with van der Waals surface area (Å²) in [5.74, 6) is 0.785. The molecule has 0 aromatic heterocycles. The van der Waals surface area contributed by atoms with Gasteiger partial charge in [-0.15, -0.1) is 0 Å². The number of benzene rings is 1. The van der Waals surface area contributed by atoms with E-state index >= 15 is 0 Å². The zero-order valence-corrected chi connectivity index (χ0v) is 11.1. The summed E-state index contributed by atoms with van der Waals surface area (Å²) >= 11 is 0. The number of hydrogen-bond acceptors (Lipinski definition) is 3. The number of anilines is 2. The van der Waals surface area contributed by atoms with Crippen LogP contribution in [0.15, 0.2) is 18.2 Å². The zero-order valence-electron chi connectivity index (χ0n) is 11.1. The van der Waals surface area contributed by atoms with Crippen LogP contribution < -0.4 is 10.6 Å². The first-order valence-corrected chi connectivity index (χ1v) is 6.32. The number of hydrogen-bond donors (Lipinski definition) is 1. The van der Waals surface area contributed by atoms with Gasteiger partial charge in [-0.3, -0.25) is 0 Å². The van der Waals surface area contributed by atoms with E-state index in [4.69, 9.17) is 5.73 Å². The van der Waals surface area contributed by atoms with E-state index in [1.54, 1.807) is 0 Å². The Morgan fingerprint density at radius 1 is 1.47 bits per heavy atom. The second-order valence-corrected chi connectivity index (χ2v) is 5.34. The molecule has 0 amide bonds. The molecule has 1 saturated heterocycles. The molecule has 94 valence electrons. The van der Waals surface area contributed by atoms with Gasteiger partial charge in [-0.05, 0) is 50.6 Å². The second-order valence-electron chi connectivity index (χ2n) is 5.34. The molecule has 0 aliphatic carbocycles. The van der Waals surface area contributed by atoms with Crippen molar-refractivity contribution in [3.63, 3.8) is 0 Å². The van der Waals surface area contributed by atoms with E-state index in [0.29, 0.717) is 0 Å². The Morgan fingerprint density at radius 2 is 2.24 bits per heavy atom. The molecule has 3 heteroatoms. The average molecular weight is 233 g/mol. The van der Waals surface area contributed by atoms with E-state index in [0.717, 1.165) is 23.7 Å². The second kappa shape index (κ2) is 4.96. The zero-order chi connectivity index (χ0) is 12.4. The highest BCUT2D eigenvalue weighted by Gasteiger charge is 2.20. The number of nitrogen functional groups attached to an aromatic ring is 1. The van der Waals surface area contributed by atoms with Crippen LogP contribution in [-0.2, 0) is 0 Å². The maximum atomic E-state index is 5.95. The van der Waals surface area contributed by atoms with E-state index in [1.165, 1.54) is 25.2 Å². The number of nitrogens with zero attached hydrogens (tertiary/aromatic N) is 2. The highest BCUT2D eigenvalue weighted by molar-refractivity contribution is 5.59. The minimum Gasteiger partial charge on any atom is -0.398 e. The Morgan fingerprint density at radius 3 is 2.82 bits per heavy atom. The van der Waals surface area contributed by atoms with E-state index in [9.17, 15) is 0 Å². The smallest absolute Gasteiger partial charge is 0.0384 e. The Labute approximate surface area is 104 Å². The number of rotatable bonds is 3. The van der Waals surface area contributed by atoms with Crippen molar-refractivity contribution in [1.29, 1.82) is 0 Å². The van der Waals surface area contributed by atoms with Crippen LogP contribution in [0.3, 0.4) is 0 Å². The molecule has 17 heavy (non-hydrogen) atoms. The van der Waals surface area contributed by atoms with Gasteiger partial charge < -0.3 is 15.5 Å². The first-order valence-electron chi connectivity index (χ1n) is 6.32. The summed E-state index contributed by atoms with van der Waals surface area (Å²) < 4.78 is 0. The molecule has 1 aromatic rings. The van der Waals surface area contributed by atoms with Gasteiger partial charge in [0.05, 0.1) is 0 Å². The third-order valence-corrected chi connectivity index (χ3v) is 3.72. The van der Waals surface area contributed by atoms with E-state index in [1.807, 2.05) is 6.92 Å². The van der Waals surface area contributed by atoms with Gasteiger partial charge in [0, 0.05) is 31.5 Å². The maximum absolute atomic E-state index is 5.95. The normalized spacial score (nSPS) is 20.8. The summed E-state index contributed by atoms with van der Waals surface area (Å²) in [6.45, 7) is 5.61. The molecule has 0 radical (unpaired) electrons. The Bertz CT molecular complexity index is 389.